The Morgan fingerprint density at radius 1 is 1.00 bits per heavy atom. The first-order valence-corrected chi connectivity index (χ1v) is 8.55. The molecule has 0 atom stereocenters. The number of rotatable bonds is 3. The van der Waals surface area contributed by atoms with E-state index in [1.807, 2.05) is 47.1 Å². The lowest BCUT2D eigenvalue weighted by atomic mass is 10.2. The van der Waals surface area contributed by atoms with Gasteiger partial charge in [0.2, 0.25) is 0 Å². The van der Waals surface area contributed by atoms with Crippen molar-refractivity contribution in [2.75, 3.05) is 5.32 Å². The lowest BCUT2D eigenvalue weighted by Gasteiger charge is -2.07. The Kier molecular flexibility index (Phi) is 3.74. The van der Waals surface area contributed by atoms with Gasteiger partial charge in [-0.15, -0.1) is 0 Å². The third-order valence-electron chi connectivity index (χ3n) is 3.50. The molecule has 1 aromatic carbocycles. The summed E-state index contributed by atoms with van der Waals surface area (Å²) in [5.74, 6) is 0.800. The maximum Gasteiger partial charge on any atom is 0.137 e. The quantitative estimate of drug-likeness (QED) is 0.520. The van der Waals surface area contributed by atoms with Crippen molar-refractivity contribution >= 4 is 54.2 Å². The molecule has 4 rings (SSSR count). The zero-order valence-electron chi connectivity index (χ0n) is 11.9. The van der Waals surface area contributed by atoms with Crippen LogP contribution in [0.4, 0.5) is 5.82 Å². The molecule has 0 aliphatic carbocycles. The lowest BCUT2D eigenvalue weighted by Crippen LogP contribution is -2.02. The highest BCUT2D eigenvalue weighted by molar-refractivity contribution is 9.10. The minimum absolute atomic E-state index is 0.595. The Morgan fingerprint density at radius 3 is 2.78 bits per heavy atom. The highest BCUT2D eigenvalue weighted by Gasteiger charge is 2.06. The first kappa shape index (κ1) is 14.6. The molecule has 0 bridgehead atoms. The van der Waals surface area contributed by atoms with Crippen molar-refractivity contribution < 1.29 is 0 Å². The minimum atomic E-state index is 0.595. The van der Waals surface area contributed by atoms with Gasteiger partial charge in [-0.1, -0.05) is 15.9 Å². The number of imidazole rings is 1. The van der Waals surface area contributed by atoms with E-state index in [-0.39, 0.29) is 0 Å². The Hall–Kier alpha value is -1.99. The maximum atomic E-state index is 4.59. The van der Waals surface area contributed by atoms with Crippen LogP contribution < -0.4 is 5.32 Å². The number of anilines is 1. The number of nitrogens with zero attached hydrogens (tertiary/aromatic N) is 4. The molecule has 0 aliphatic heterocycles. The Morgan fingerprint density at radius 2 is 1.87 bits per heavy atom. The number of nitrogens with one attached hydrogen (secondary N) is 1. The number of hydrogen-bond acceptors (Lipinski definition) is 4. The summed E-state index contributed by atoms with van der Waals surface area (Å²) >= 11 is 6.95. The van der Waals surface area contributed by atoms with Crippen LogP contribution in [0.2, 0.25) is 0 Å². The molecule has 0 unspecified atom stereocenters. The fourth-order valence-corrected chi connectivity index (χ4v) is 3.16. The van der Waals surface area contributed by atoms with Crippen LogP contribution in [0.15, 0.2) is 58.0 Å². The van der Waals surface area contributed by atoms with Gasteiger partial charge in [-0.2, -0.15) is 0 Å². The van der Waals surface area contributed by atoms with Crippen LogP contribution in [-0.2, 0) is 6.54 Å². The number of hydrogen-bond donors (Lipinski definition) is 1. The fourth-order valence-electron chi connectivity index (χ4n) is 2.45. The molecule has 3 aromatic heterocycles. The van der Waals surface area contributed by atoms with Crippen molar-refractivity contribution in [3.8, 4) is 0 Å². The van der Waals surface area contributed by atoms with E-state index in [9.17, 15) is 0 Å². The fraction of sp³-hybridized carbons (Fsp3) is 0.0625. The zero-order chi connectivity index (χ0) is 15.8. The molecule has 0 radical (unpaired) electrons. The first-order chi connectivity index (χ1) is 11.2. The third-order valence-corrected chi connectivity index (χ3v) is 4.46. The van der Waals surface area contributed by atoms with Gasteiger partial charge in [-0.25, -0.2) is 15.0 Å². The number of benzene rings is 1. The number of fused-ring (bicyclic) bond motifs is 2. The molecule has 0 saturated carbocycles. The van der Waals surface area contributed by atoms with Crippen LogP contribution in [0.25, 0.3) is 16.6 Å². The lowest BCUT2D eigenvalue weighted by molar-refractivity contribution is 1.05. The van der Waals surface area contributed by atoms with Gasteiger partial charge >= 0.3 is 0 Å². The van der Waals surface area contributed by atoms with Gasteiger partial charge in [0, 0.05) is 26.7 Å². The molecule has 0 saturated heterocycles. The first-order valence-electron chi connectivity index (χ1n) is 6.96. The molecule has 4 aromatic rings. The molecule has 0 spiro atoms. The van der Waals surface area contributed by atoms with Crippen LogP contribution in [0.3, 0.4) is 0 Å². The normalized spacial score (nSPS) is 11.2. The van der Waals surface area contributed by atoms with Crippen molar-refractivity contribution in [2.45, 2.75) is 6.54 Å². The van der Waals surface area contributed by atoms with Gasteiger partial charge in [-0.3, -0.25) is 0 Å². The molecule has 0 aliphatic rings. The molecule has 23 heavy (non-hydrogen) atoms. The van der Waals surface area contributed by atoms with Gasteiger partial charge in [0.15, 0.2) is 0 Å². The standard InChI is InChI=1S/C16H11Br2N5/c17-10-1-3-14-13(5-10)16(21-9-20-14)19-6-12-8-23-7-11(18)2-4-15(23)22-12/h1-5,7-9H,6H2,(H,19,20,21). The molecule has 5 nitrogen and oxygen atoms in total. The third kappa shape index (κ3) is 2.94. The highest BCUT2D eigenvalue weighted by atomic mass is 79.9. The second-order valence-electron chi connectivity index (χ2n) is 5.08. The van der Waals surface area contributed by atoms with E-state index in [1.54, 1.807) is 6.33 Å². The molecule has 114 valence electrons. The van der Waals surface area contributed by atoms with Crippen molar-refractivity contribution in [3.63, 3.8) is 0 Å². The Bertz CT molecular complexity index is 1010. The summed E-state index contributed by atoms with van der Waals surface area (Å²) in [7, 11) is 0. The summed E-state index contributed by atoms with van der Waals surface area (Å²) < 4.78 is 4.02. The van der Waals surface area contributed by atoms with Crippen LogP contribution in [0.1, 0.15) is 5.69 Å². The minimum Gasteiger partial charge on any atom is -0.364 e. The molecule has 3 heterocycles. The number of halogens is 2. The summed E-state index contributed by atoms with van der Waals surface area (Å²) in [6, 6.07) is 9.91. The summed E-state index contributed by atoms with van der Waals surface area (Å²) in [5, 5.41) is 4.33. The van der Waals surface area contributed by atoms with Gasteiger partial charge in [0.25, 0.3) is 0 Å². The van der Waals surface area contributed by atoms with Crippen LogP contribution in [0, 0.1) is 0 Å². The van der Waals surface area contributed by atoms with Crippen LogP contribution in [-0.4, -0.2) is 19.4 Å². The maximum absolute atomic E-state index is 4.59. The van der Waals surface area contributed by atoms with E-state index in [2.05, 4.69) is 52.1 Å². The SMILES string of the molecule is Brc1ccc2ncnc(NCc3cn4cc(Br)ccc4n3)c2c1. The van der Waals surface area contributed by atoms with E-state index in [0.717, 1.165) is 37.0 Å². The van der Waals surface area contributed by atoms with E-state index < -0.39 is 0 Å². The topological polar surface area (TPSA) is 55.1 Å². The average molecular weight is 433 g/mol. The number of aromatic nitrogens is 4. The van der Waals surface area contributed by atoms with Gasteiger partial charge in [-0.05, 0) is 46.3 Å². The van der Waals surface area contributed by atoms with Gasteiger partial charge in [0.05, 0.1) is 17.8 Å². The molecule has 7 heteroatoms. The summed E-state index contributed by atoms with van der Waals surface area (Å²) in [4.78, 5) is 13.2. The smallest absolute Gasteiger partial charge is 0.137 e. The van der Waals surface area contributed by atoms with E-state index >= 15 is 0 Å². The second kappa shape index (κ2) is 5.90. The largest absolute Gasteiger partial charge is 0.364 e. The Balaban J connectivity index is 1.64. The Labute approximate surface area is 149 Å². The van der Waals surface area contributed by atoms with E-state index in [0.29, 0.717) is 6.54 Å². The van der Waals surface area contributed by atoms with Crippen molar-refractivity contribution in [1.29, 1.82) is 0 Å². The summed E-state index contributed by atoms with van der Waals surface area (Å²) in [6.07, 6.45) is 5.56. The van der Waals surface area contributed by atoms with E-state index in [4.69, 9.17) is 0 Å². The van der Waals surface area contributed by atoms with Gasteiger partial charge < -0.3 is 9.72 Å². The van der Waals surface area contributed by atoms with Crippen LogP contribution in [0.5, 0.6) is 0 Å². The van der Waals surface area contributed by atoms with Crippen LogP contribution >= 0.6 is 31.9 Å². The summed E-state index contributed by atoms with van der Waals surface area (Å²) in [5.41, 5.74) is 2.77. The monoisotopic (exact) mass is 431 g/mol. The summed E-state index contributed by atoms with van der Waals surface area (Å²) in [6.45, 7) is 0.595. The predicted octanol–water partition coefficient (Wildman–Crippen LogP) is 4.41. The van der Waals surface area contributed by atoms with Crippen molar-refractivity contribution in [3.05, 3.63) is 63.7 Å². The number of pyridine rings is 1. The molecular formula is C16H11Br2N5. The molecule has 0 amide bonds. The highest BCUT2D eigenvalue weighted by Crippen LogP contribution is 2.23. The average Bonchev–Trinajstić information content (AvgIpc) is 2.94. The van der Waals surface area contributed by atoms with Crippen molar-refractivity contribution in [2.24, 2.45) is 0 Å². The predicted molar refractivity (Wildman–Crippen MR) is 97.5 cm³/mol. The molecular weight excluding hydrogens is 422 g/mol. The van der Waals surface area contributed by atoms with Gasteiger partial charge in [0.1, 0.15) is 17.8 Å². The molecule has 1 N–H and O–H groups in total. The van der Waals surface area contributed by atoms with E-state index in [1.165, 1.54) is 0 Å². The second-order valence-corrected chi connectivity index (χ2v) is 6.91. The van der Waals surface area contributed by atoms with Crippen molar-refractivity contribution in [1.82, 2.24) is 19.4 Å². The zero-order valence-corrected chi connectivity index (χ0v) is 15.0. The molecule has 0 fully saturated rings.